The Bertz CT molecular complexity index is 836. The first-order valence-electron chi connectivity index (χ1n) is 7.64. The molecule has 5 nitrogen and oxygen atoms in total. The molecule has 0 aliphatic heterocycles. The molecule has 24 heavy (non-hydrogen) atoms. The zero-order chi connectivity index (χ0) is 17.2. The number of carbonyl (C=O) groups is 1. The minimum atomic E-state index is -3.81. The predicted octanol–water partition coefficient (Wildman–Crippen LogP) is 2.19. The van der Waals surface area contributed by atoms with Crippen molar-refractivity contribution in [2.24, 2.45) is 0 Å². The largest absolute Gasteiger partial charge is 0.334 e. The summed E-state index contributed by atoms with van der Waals surface area (Å²) in [6.07, 6.45) is 2.99. The van der Waals surface area contributed by atoms with Crippen molar-refractivity contribution in [1.82, 2.24) is 9.88 Å². The number of benzene rings is 1. The summed E-state index contributed by atoms with van der Waals surface area (Å²) in [6.45, 7) is 0.0773. The molecule has 1 heterocycles. The molecule has 0 saturated heterocycles. The molecule has 1 saturated carbocycles. The van der Waals surface area contributed by atoms with Crippen LogP contribution in [0.15, 0.2) is 53.7 Å². The molecule has 126 valence electrons. The first-order chi connectivity index (χ1) is 11.5. The third-order valence-corrected chi connectivity index (χ3v) is 5.38. The second-order valence-electron chi connectivity index (χ2n) is 5.77. The molecule has 0 spiro atoms. The zero-order valence-electron chi connectivity index (χ0n) is 12.9. The molecule has 0 N–H and O–H groups in total. The summed E-state index contributed by atoms with van der Waals surface area (Å²) < 4.78 is 38.5. The number of aromatic nitrogens is 1. The Hall–Kier alpha value is -2.28. The number of halogens is 1. The number of sulfone groups is 1. The number of amides is 1. The van der Waals surface area contributed by atoms with Gasteiger partial charge < -0.3 is 4.90 Å². The maximum atomic E-state index is 13.8. The minimum Gasteiger partial charge on any atom is -0.334 e. The lowest BCUT2D eigenvalue weighted by Crippen LogP contribution is -2.37. The Labute approximate surface area is 140 Å². The smallest absolute Gasteiger partial charge is 0.238 e. The molecule has 2 aromatic rings. The maximum Gasteiger partial charge on any atom is 0.238 e. The van der Waals surface area contributed by atoms with Crippen LogP contribution in [0.2, 0.25) is 0 Å². The highest BCUT2D eigenvalue weighted by Gasteiger charge is 2.35. The van der Waals surface area contributed by atoms with Crippen molar-refractivity contribution < 1.29 is 17.6 Å². The molecular formula is C17H17FN2O3S. The fourth-order valence-electron chi connectivity index (χ4n) is 2.47. The van der Waals surface area contributed by atoms with Gasteiger partial charge in [-0.25, -0.2) is 17.8 Å². The Morgan fingerprint density at radius 2 is 1.88 bits per heavy atom. The van der Waals surface area contributed by atoms with Crippen LogP contribution in [0.4, 0.5) is 4.39 Å². The highest BCUT2D eigenvalue weighted by Crippen LogP contribution is 2.29. The monoisotopic (exact) mass is 348 g/mol. The standard InChI is InChI=1S/C17H17FN2O3S/c18-15-6-2-1-5-13(15)11-20(14-8-9-14)17(21)12-24(22,23)16-7-3-4-10-19-16/h1-7,10,14H,8-9,11-12H2. The van der Waals surface area contributed by atoms with Gasteiger partial charge in [-0.05, 0) is 31.0 Å². The van der Waals surface area contributed by atoms with Gasteiger partial charge in [0.1, 0.15) is 11.6 Å². The van der Waals surface area contributed by atoms with E-state index in [0.717, 1.165) is 12.8 Å². The van der Waals surface area contributed by atoms with Gasteiger partial charge in [0.05, 0.1) is 0 Å². The van der Waals surface area contributed by atoms with Crippen LogP contribution in [0.3, 0.4) is 0 Å². The SMILES string of the molecule is O=C(CS(=O)(=O)c1ccccn1)N(Cc1ccccc1F)C1CC1. The van der Waals surface area contributed by atoms with Gasteiger partial charge in [-0.1, -0.05) is 24.3 Å². The van der Waals surface area contributed by atoms with E-state index in [1.165, 1.54) is 23.2 Å². The summed E-state index contributed by atoms with van der Waals surface area (Å²) in [6, 6.07) is 10.7. The van der Waals surface area contributed by atoms with Crippen molar-refractivity contribution in [2.75, 3.05) is 5.75 Å². The fraction of sp³-hybridized carbons (Fsp3) is 0.294. The number of carbonyl (C=O) groups excluding carboxylic acids is 1. The highest BCUT2D eigenvalue weighted by atomic mass is 32.2. The van der Waals surface area contributed by atoms with E-state index in [4.69, 9.17) is 0 Å². The molecule has 1 amide bonds. The van der Waals surface area contributed by atoms with Crippen LogP contribution in [-0.4, -0.2) is 36.0 Å². The van der Waals surface area contributed by atoms with Gasteiger partial charge in [0.25, 0.3) is 0 Å². The number of nitrogens with zero attached hydrogens (tertiary/aromatic N) is 2. The van der Waals surface area contributed by atoms with E-state index in [1.54, 1.807) is 30.3 Å². The molecular weight excluding hydrogens is 331 g/mol. The van der Waals surface area contributed by atoms with Crippen molar-refractivity contribution in [3.63, 3.8) is 0 Å². The molecule has 3 rings (SSSR count). The average molecular weight is 348 g/mol. The molecule has 1 aliphatic carbocycles. The second kappa shape index (κ2) is 6.68. The maximum absolute atomic E-state index is 13.8. The lowest BCUT2D eigenvalue weighted by Gasteiger charge is -2.22. The van der Waals surface area contributed by atoms with Crippen LogP contribution in [0, 0.1) is 5.82 Å². The van der Waals surface area contributed by atoms with Crippen molar-refractivity contribution >= 4 is 15.7 Å². The topological polar surface area (TPSA) is 67.3 Å². The van der Waals surface area contributed by atoms with Crippen LogP contribution in [-0.2, 0) is 21.2 Å². The zero-order valence-corrected chi connectivity index (χ0v) is 13.7. The van der Waals surface area contributed by atoms with Crippen LogP contribution in [0.25, 0.3) is 0 Å². The normalized spacial score (nSPS) is 14.4. The molecule has 1 aliphatic rings. The third-order valence-electron chi connectivity index (χ3n) is 3.88. The summed E-state index contributed by atoms with van der Waals surface area (Å²) in [5, 5.41) is -0.125. The van der Waals surface area contributed by atoms with Crippen LogP contribution in [0.5, 0.6) is 0 Å². The van der Waals surface area contributed by atoms with Gasteiger partial charge in [0, 0.05) is 24.3 Å². The molecule has 1 aromatic carbocycles. The molecule has 0 atom stereocenters. The average Bonchev–Trinajstić information content (AvgIpc) is 3.39. The van der Waals surface area contributed by atoms with E-state index < -0.39 is 27.3 Å². The van der Waals surface area contributed by atoms with Gasteiger partial charge >= 0.3 is 0 Å². The van der Waals surface area contributed by atoms with E-state index in [2.05, 4.69) is 4.98 Å². The van der Waals surface area contributed by atoms with Crippen LogP contribution >= 0.6 is 0 Å². The number of pyridine rings is 1. The predicted molar refractivity (Wildman–Crippen MR) is 86.3 cm³/mol. The van der Waals surface area contributed by atoms with E-state index in [-0.39, 0.29) is 17.6 Å². The van der Waals surface area contributed by atoms with Crippen molar-refractivity contribution in [3.05, 3.63) is 60.0 Å². The third kappa shape index (κ3) is 3.79. The van der Waals surface area contributed by atoms with Crippen molar-refractivity contribution in [3.8, 4) is 0 Å². The van der Waals surface area contributed by atoms with E-state index in [0.29, 0.717) is 5.56 Å². The van der Waals surface area contributed by atoms with Gasteiger partial charge in [-0.15, -0.1) is 0 Å². The van der Waals surface area contributed by atoms with E-state index in [1.807, 2.05) is 0 Å². The number of hydrogen-bond donors (Lipinski definition) is 0. The number of hydrogen-bond acceptors (Lipinski definition) is 4. The van der Waals surface area contributed by atoms with Crippen molar-refractivity contribution in [2.45, 2.75) is 30.5 Å². The summed E-state index contributed by atoms with van der Waals surface area (Å²) in [5.41, 5.74) is 0.382. The Morgan fingerprint density at radius 3 is 2.50 bits per heavy atom. The summed E-state index contributed by atoms with van der Waals surface area (Å²) in [4.78, 5) is 17.8. The van der Waals surface area contributed by atoms with Gasteiger partial charge in [0.2, 0.25) is 15.7 Å². The molecule has 0 unspecified atom stereocenters. The quantitative estimate of drug-likeness (QED) is 0.802. The summed E-state index contributed by atoms with van der Waals surface area (Å²) in [5.74, 6) is -1.58. The van der Waals surface area contributed by atoms with Crippen molar-refractivity contribution in [1.29, 1.82) is 0 Å². The lowest BCUT2D eigenvalue weighted by molar-refractivity contribution is -0.129. The Kier molecular flexibility index (Phi) is 4.62. The minimum absolute atomic E-state index is 0.0176. The molecule has 0 radical (unpaired) electrons. The number of rotatable bonds is 6. The summed E-state index contributed by atoms with van der Waals surface area (Å²) >= 11 is 0. The Morgan fingerprint density at radius 1 is 1.17 bits per heavy atom. The van der Waals surface area contributed by atoms with Gasteiger partial charge in [-0.3, -0.25) is 4.79 Å². The second-order valence-corrected chi connectivity index (χ2v) is 7.71. The first-order valence-corrected chi connectivity index (χ1v) is 9.29. The molecule has 7 heteroatoms. The first kappa shape index (κ1) is 16.6. The van der Waals surface area contributed by atoms with Gasteiger partial charge in [-0.2, -0.15) is 0 Å². The fourth-order valence-corrected chi connectivity index (χ4v) is 3.61. The van der Waals surface area contributed by atoms with E-state index >= 15 is 0 Å². The van der Waals surface area contributed by atoms with Gasteiger partial charge in [0.15, 0.2) is 5.03 Å². The molecule has 1 aromatic heterocycles. The van der Waals surface area contributed by atoms with Crippen LogP contribution < -0.4 is 0 Å². The van der Waals surface area contributed by atoms with E-state index in [9.17, 15) is 17.6 Å². The Balaban J connectivity index is 1.77. The van der Waals surface area contributed by atoms with Crippen LogP contribution in [0.1, 0.15) is 18.4 Å². The molecule has 0 bridgehead atoms. The highest BCUT2D eigenvalue weighted by molar-refractivity contribution is 7.92. The lowest BCUT2D eigenvalue weighted by atomic mass is 10.2. The summed E-state index contributed by atoms with van der Waals surface area (Å²) in [7, 11) is -3.81. The molecule has 1 fully saturated rings.